The third kappa shape index (κ3) is 1.67. The fraction of sp³-hybridized carbons (Fsp3) is 0.0588. The number of hydrogen-bond acceptors (Lipinski definition) is 2. The maximum atomic E-state index is 4.41. The Morgan fingerprint density at radius 2 is 1.85 bits per heavy atom. The quantitative estimate of drug-likeness (QED) is 0.520. The minimum absolute atomic E-state index is 1.02. The van der Waals surface area contributed by atoms with Crippen LogP contribution in [0, 0.1) is 0 Å². The largest absolute Gasteiger partial charge is 0.275 e. The third-order valence-corrected chi connectivity index (χ3v) is 3.60. The molecular formula is C17H13N3. The lowest BCUT2D eigenvalue weighted by atomic mass is 10.0. The van der Waals surface area contributed by atoms with Crippen LogP contribution in [0.25, 0.3) is 32.8 Å². The van der Waals surface area contributed by atoms with Gasteiger partial charge in [-0.25, -0.2) is 0 Å². The van der Waals surface area contributed by atoms with Crippen molar-refractivity contribution in [1.29, 1.82) is 0 Å². The average molecular weight is 259 g/mol. The van der Waals surface area contributed by atoms with Crippen LogP contribution in [-0.4, -0.2) is 14.8 Å². The van der Waals surface area contributed by atoms with Gasteiger partial charge in [-0.15, -0.1) is 0 Å². The molecule has 2 aromatic heterocycles. The summed E-state index contributed by atoms with van der Waals surface area (Å²) in [5, 5.41) is 7.95. The first-order valence-electron chi connectivity index (χ1n) is 6.58. The summed E-state index contributed by atoms with van der Waals surface area (Å²) in [5.74, 6) is 0. The predicted octanol–water partition coefficient (Wildman–Crippen LogP) is 3.79. The van der Waals surface area contributed by atoms with Gasteiger partial charge in [-0.2, -0.15) is 5.10 Å². The Bertz CT molecular complexity index is 916. The van der Waals surface area contributed by atoms with Crippen LogP contribution in [0.15, 0.2) is 61.1 Å². The van der Waals surface area contributed by atoms with Crippen molar-refractivity contribution in [3.05, 3.63) is 61.1 Å². The van der Waals surface area contributed by atoms with Crippen molar-refractivity contribution in [3.8, 4) is 11.1 Å². The van der Waals surface area contributed by atoms with Crippen LogP contribution in [0.4, 0.5) is 0 Å². The number of rotatable bonds is 1. The molecule has 3 heteroatoms. The van der Waals surface area contributed by atoms with Gasteiger partial charge in [-0.1, -0.05) is 30.3 Å². The maximum Gasteiger partial charge on any atom is 0.0923 e. The van der Waals surface area contributed by atoms with Gasteiger partial charge in [-0.3, -0.25) is 9.67 Å². The van der Waals surface area contributed by atoms with Gasteiger partial charge in [0, 0.05) is 42.0 Å². The summed E-state index contributed by atoms with van der Waals surface area (Å²) < 4.78 is 1.84. The summed E-state index contributed by atoms with van der Waals surface area (Å²) in [6.07, 6.45) is 5.87. The molecule has 0 N–H and O–H groups in total. The highest BCUT2D eigenvalue weighted by Crippen LogP contribution is 2.29. The first-order chi connectivity index (χ1) is 9.81. The van der Waals surface area contributed by atoms with E-state index in [2.05, 4.69) is 46.5 Å². The van der Waals surface area contributed by atoms with Crippen molar-refractivity contribution in [1.82, 2.24) is 14.8 Å². The molecule has 2 aromatic carbocycles. The lowest BCUT2D eigenvalue weighted by Crippen LogP contribution is -1.84. The second-order valence-corrected chi connectivity index (χ2v) is 4.98. The van der Waals surface area contributed by atoms with E-state index in [-0.39, 0.29) is 0 Å². The lowest BCUT2D eigenvalue weighted by molar-refractivity contribution is 0.780. The summed E-state index contributed by atoms with van der Waals surface area (Å²) in [7, 11) is 1.94. The van der Waals surface area contributed by atoms with Crippen molar-refractivity contribution >= 4 is 21.7 Å². The van der Waals surface area contributed by atoms with E-state index in [1.807, 2.05) is 36.4 Å². The van der Waals surface area contributed by atoms with Crippen LogP contribution in [0.3, 0.4) is 0 Å². The molecule has 0 spiro atoms. The van der Waals surface area contributed by atoms with Crippen LogP contribution in [0.2, 0.25) is 0 Å². The van der Waals surface area contributed by atoms with Crippen LogP contribution >= 0.6 is 0 Å². The molecule has 0 saturated heterocycles. The molecule has 2 heterocycles. The Morgan fingerprint density at radius 1 is 0.950 bits per heavy atom. The number of aryl methyl sites for hydroxylation is 1. The molecule has 0 aliphatic carbocycles. The third-order valence-electron chi connectivity index (χ3n) is 3.60. The Hall–Kier alpha value is -2.68. The first-order valence-corrected chi connectivity index (χ1v) is 6.58. The van der Waals surface area contributed by atoms with E-state index >= 15 is 0 Å². The zero-order valence-corrected chi connectivity index (χ0v) is 11.1. The number of benzene rings is 2. The molecule has 0 radical (unpaired) electrons. The van der Waals surface area contributed by atoms with Crippen LogP contribution in [-0.2, 0) is 7.05 Å². The van der Waals surface area contributed by atoms with Crippen LogP contribution in [0.5, 0.6) is 0 Å². The van der Waals surface area contributed by atoms with E-state index in [9.17, 15) is 0 Å². The molecule has 0 aliphatic heterocycles. The van der Waals surface area contributed by atoms with Gasteiger partial charge < -0.3 is 0 Å². The molecule has 0 amide bonds. The molecular weight excluding hydrogens is 246 g/mol. The molecule has 0 atom stereocenters. The van der Waals surface area contributed by atoms with E-state index in [0.717, 1.165) is 21.9 Å². The first kappa shape index (κ1) is 11.2. The molecule has 96 valence electrons. The number of pyridine rings is 1. The Morgan fingerprint density at radius 3 is 2.80 bits per heavy atom. The molecule has 0 aliphatic rings. The highest BCUT2D eigenvalue weighted by atomic mass is 15.2. The monoisotopic (exact) mass is 259 g/mol. The summed E-state index contributed by atoms with van der Waals surface area (Å²) in [5.41, 5.74) is 3.35. The predicted molar refractivity (Wildman–Crippen MR) is 81.5 cm³/mol. The van der Waals surface area contributed by atoms with Crippen molar-refractivity contribution in [2.45, 2.75) is 0 Å². The molecule has 0 fully saturated rings. The van der Waals surface area contributed by atoms with Crippen molar-refractivity contribution in [2.75, 3.05) is 0 Å². The van der Waals surface area contributed by atoms with E-state index in [1.165, 1.54) is 10.9 Å². The lowest BCUT2D eigenvalue weighted by Gasteiger charge is -2.06. The Kier molecular flexibility index (Phi) is 2.33. The van der Waals surface area contributed by atoms with E-state index in [1.54, 1.807) is 0 Å². The van der Waals surface area contributed by atoms with Gasteiger partial charge in [0.05, 0.1) is 5.52 Å². The average Bonchev–Trinajstić information content (AvgIpc) is 2.85. The summed E-state index contributed by atoms with van der Waals surface area (Å²) in [6, 6.07) is 14.7. The normalized spacial score (nSPS) is 11.2. The molecule has 3 nitrogen and oxygen atoms in total. The molecule has 0 unspecified atom stereocenters. The maximum absolute atomic E-state index is 4.41. The highest BCUT2D eigenvalue weighted by Gasteiger charge is 2.06. The SMILES string of the molecule is Cn1cc2cc(-c3cncc4ccccc34)ccc2n1. The Balaban J connectivity index is 2.00. The van der Waals surface area contributed by atoms with Gasteiger partial charge in [0.2, 0.25) is 0 Å². The van der Waals surface area contributed by atoms with Gasteiger partial charge >= 0.3 is 0 Å². The van der Waals surface area contributed by atoms with Crippen molar-refractivity contribution in [3.63, 3.8) is 0 Å². The fourth-order valence-electron chi connectivity index (χ4n) is 2.66. The minimum Gasteiger partial charge on any atom is -0.275 e. The number of hydrogen-bond donors (Lipinski definition) is 0. The van der Waals surface area contributed by atoms with Crippen molar-refractivity contribution < 1.29 is 0 Å². The van der Waals surface area contributed by atoms with Gasteiger partial charge in [0.1, 0.15) is 0 Å². The number of nitrogens with zero attached hydrogens (tertiary/aromatic N) is 3. The van der Waals surface area contributed by atoms with E-state index in [4.69, 9.17) is 0 Å². The van der Waals surface area contributed by atoms with Crippen molar-refractivity contribution in [2.24, 2.45) is 7.05 Å². The molecule has 20 heavy (non-hydrogen) atoms. The summed E-state index contributed by atoms with van der Waals surface area (Å²) in [4.78, 5) is 4.35. The second-order valence-electron chi connectivity index (χ2n) is 4.98. The topological polar surface area (TPSA) is 30.7 Å². The zero-order chi connectivity index (χ0) is 13.5. The number of fused-ring (bicyclic) bond motifs is 2. The Labute approximate surface area is 116 Å². The molecule has 4 aromatic rings. The van der Waals surface area contributed by atoms with Crippen LogP contribution < -0.4 is 0 Å². The minimum atomic E-state index is 1.02. The fourth-order valence-corrected chi connectivity index (χ4v) is 2.66. The second kappa shape index (κ2) is 4.17. The smallest absolute Gasteiger partial charge is 0.0923 e. The van der Waals surface area contributed by atoms with Gasteiger partial charge in [-0.05, 0) is 23.1 Å². The molecule has 0 bridgehead atoms. The molecule has 0 saturated carbocycles. The zero-order valence-electron chi connectivity index (χ0n) is 11.1. The highest BCUT2D eigenvalue weighted by molar-refractivity contribution is 5.97. The summed E-state index contributed by atoms with van der Waals surface area (Å²) in [6.45, 7) is 0. The molecule has 4 rings (SSSR count). The summed E-state index contributed by atoms with van der Waals surface area (Å²) >= 11 is 0. The van der Waals surface area contributed by atoms with Gasteiger partial charge in [0.25, 0.3) is 0 Å². The van der Waals surface area contributed by atoms with E-state index < -0.39 is 0 Å². The van der Waals surface area contributed by atoms with Crippen LogP contribution in [0.1, 0.15) is 0 Å². The van der Waals surface area contributed by atoms with E-state index in [0.29, 0.717) is 0 Å². The standard InChI is InChI=1S/C17H13N3/c1-20-11-14-8-12(6-7-17(14)19-20)16-10-18-9-13-4-2-3-5-15(13)16/h2-11H,1H3. The number of aromatic nitrogens is 3. The van der Waals surface area contributed by atoms with Gasteiger partial charge in [0.15, 0.2) is 0 Å².